The van der Waals surface area contributed by atoms with E-state index in [2.05, 4.69) is 0 Å². The Hall–Kier alpha value is -2.98. The minimum Gasteiger partial charge on any atom is -0.480 e. The maximum Gasteiger partial charge on any atom is 0.417 e. The van der Waals surface area contributed by atoms with Gasteiger partial charge in [-0.3, -0.25) is 4.79 Å². The van der Waals surface area contributed by atoms with Crippen molar-refractivity contribution in [1.82, 2.24) is 4.90 Å². The molecule has 0 bridgehead atoms. The van der Waals surface area contributed by atoms with E-state index in [9.17, 15) is 27.9 Å². The van der Waals surface area contributed by atoms with Crippen LogP contribution in [-0.2, 0) is 27.1 Å². The third kappa shape index (κ3) is 5.56. The maximum absolute atomic E-state index is 13.8. The van der Waals surface area contributed by atoms with Crippen LogP contribution in [0.4, 0.5) is 13.2 Å². The van der Waals surface area contributed by atoms with Gasteiger partial charge in [0.05, 0.1) is 12.2 Å². The average molecular weight is 494 g/mol. The van der Waals surface area contributed by atoms with Crippen LogP contribution >= 0.6 is 11.8 Å². The highest BCUT2D eigenvalue weighted by molar-refractivity contribution is 7.99. The van der Waals surface area contributed by atoms with Crippen LogP contribution in [0.5, 0.6) is 5.75 Å². The van der Waals surface area contributed by atoms with Crippen LogP contribution in [-0.4, -0.2) is 41.1 Å². The molecule has 34 heavy (non-hydrogen) atoms. The zero-order valence-corrected chi connectivity index (χ0v) is 18.8. The number of aliphatic carboxylic acids is 1. The Balaban J connectivity index is 1.55. The molecule has 0 aliphatic carbocycles. The molecule has 2 aliphatic heterocycles. The largest absolute Gasteiger partial charge is 0.480 e. The Labute approximate surface area is 198 Å². The molecule has 4 rings (SSSR count). The van der Waals surface area contributed by atoms with Crippen LogP contribution in [0.1, 0.15) is 36.0 Å². The van der Waals surface area contributed by atoms with E-state index in [-0.39, 0.29) is 10.5 Å². The number of piperidine rings is 1. The van der Waals surface area contributed by atoms with Crippen LogP contribution in [0.25, 0.3) is 6.08 Å². The molecule has 0 radical (unpaired) electrons. The number of amides is 1. The Morgan fingerprint density at radius 2 is 1.97 bits per heavy atom. The summed E-state index contributed by atoms with van der Waals surface area (Å²) in [6.45, 7) is 0.681. The van der Waals surface area contributed by atoms with Crippen LogP contribution in [0, 0.1) is 0 Å². The summed E-state index contributed by atoms with van der Waals surface area (Å²) in [7, 11) is 0. The summed E-state index contributed by atoms with van der Waals surface area (Å²) in [5.41, 5.74) is 0.246. The van der Waals surface area contributed by atoms with Gasteiger partial charge in [-0.1, -0.05) is 17.8 Å². The molecule has 0 aromatic heterocycles. The van der Waals surface area contributed by atoms with Crippen molar-refractivity contribution in [2.75, 3.05) is 13.2 Å². The second-order valence-electron chi connectivity index (χ2n) is 8.00. The maximum atomic E-state index is 13.8. The minimum atomic E-state index is -4.59. The number of fused-ring (bicyclic) bond motifs is 1. The lowest BCUT2D eigenvalue weighted by atomic mass is 10.0. The summed E-state index contributed by atoms with van der Waals surface area (Å²) in [5.74, 6) is -1.06. The van der Waals surface area contributed by atoms with Crippen molar-refractivity contribution in [1.29, 1.82) is 0 Å². The van der Waals surface area contributed by atoms with Crippen molar-refractivity contribution in [3.05, 3.63) is 59.2 Å². The van der Waals surface area contributed by atoms with Crippen molar-refractivity contribution >= 4 is 29.7 Å². The zero-order chi connectivity index (χ0) is 24.3. The summed E-state index contributed by atoms with van der Waals surface area (Å²) in [5, 5.41) is 9.33. The first-order chi connectivity index (χ1) is 16.2. The second kappa shape index (κ2) is 10.1. The minimum absolute atomic E-state index is 0.0332. The number of carbonyl (C=O) groups is 2. The third-order valence-corrected chi connectivity index (χ3v) is 6.73. The van der Waals surface area contributed by atoms with Gasteiger partial charge in [0.2, 0.25) is 5.91 Å². The number of carboxylic acid groups (broad SMARTS) is 1. The number of rotatable bonds is 5. The lowest BCUT2D eigenvalue weighted by Gasteiger charge is -2.32. The van der Waals surface area contributed by atoms with E-state index in [1.54, 1.807) is 18.2 Å². The molecule has 2 aliphatic rings. The van der Waals surface area contributed by atoms with Gasteiger partial charge in [-0.25, -0.2) is 4.79 Å². The van der Waals surface area contributed by atoms with E-state index < -0.39 is 29.7 Å². The predicted molar refractivity (Wildman–Crippen MR) is 118 cm³/mol. The molecule has 0 saturated carbocycles. The van der Waals surface area contributed by atoms with Crippen LogP contribution in [0.3, 0.4) is 0 Å². The Morgan fingerprint density at radius 1 is 1.15 bits per heavy atom. The molecule has 10 heteroatoms. The monoisotopic (exact) mass is 493 g/mol. The van der Waals surface area contributed by atoms with Gasteiger partial charge < -0.3 is 14.9 Å². The van der Waals surface area contributed by atoms with Gasteiger partial charge in [0, 0.05) is 34.4 Å². The number of carboxylic acids is 1. The Kier molecular flexibility index (Phi) is 7.18. The first kappa shape index (κ1) is 24.2. The Morgan fingerprint density at radius 3 is 2.74 bits per heavy atom. The third-order valence-electron chi connectivity index (χ3n) is 5.66. The molecular formula is C24H22F3NO5S. The molecule has 6 nitrogen and oxygen atoms in total. The molecular weight excluding hydrogens is 471 g/mol. The number of benzene rings is 2. The number of halogens is 3. The van der Waals surface area contributed by atoms with E-state index in [4.69, 9.17) is 9.78 Å². The van der Waals surface area contributed by atoms with Crippen molar-refractivity contribution in [3.63, 3.8) is 0 Å². The van der Waals surface area contributed by atoms with Gasteiger partial charge in [0.25, 0.3) is 0 Å². The molecule has 0 spiro atoms. The van der Waals surface area contributed by atoms with E-state index in [1.807, 2.05) is 0 Å². The lowest BCUT2D eigenvalue weighted by molar-refractivity contribution is -0.215. The van der Waals surface area contributed by atoms with E-state index in [0.717, 1.165) is 29.5 Å². The van der Waals surface area contributed by atoms with Gasteiger partial charge in [-0.15, -0.1) is 0 Å². The van der Waals surface area contributed by atoms with Crippen LogP contribution < -0.4 is 4.89 Å². The highest BCUT2D eigenvalue weighted by Gasteiger charge is 2.34. The molecule has 1 saturated heterocycles. The summed E-state index contributed by atoms with van der Waals surface area (Å²) < 4.78 is 41.5. The molecule has 2 aromatic rings. The number of alkyl halides is 3. The molecule has 1 fully saturated rings. The van der Waals surface area contributed by atoms with Crippen LogP contribution in [0.15, 0.2) is 52.3 Å². The molecule has 2 aromatic carbocycles. The standard InChI is InChI=1S/C24H22F3NO5S/c25-24(26,27)18-13-15(5-9-22(29)28-11-2-1-3-19(28)23(30)31)4-8-21(18)34-17-6-7-20-16(14-17)10-12-32-33-20/h4-9,13-14,19H,1-3,10-12H2,(H,30,31). The Bertz CT molecular complexity index is 1120. The van der Waals surface area contributed by atoms with Gasteiger partial charge in [0.15, 0.2) is 5.75 Å². The number of hydrogen-bond donors (Lipinski definition) is 1. The molecule has 1 atom stereocenters. The van der Waals surface area contributed by atoms with Crippen molar-refractivity contribution < 1.29 is 37.6 Å². The lowest BCUT2D eigenvalue weighted by Crippen LogP contribution is -2.47. The number of carbonyl (C=O) groups excluding carboxylic acids is 1. The SMILES string of the molecule is O=C(O)C1CCCCN1C(=O)C=Cc1ccc(Sc2ccc3c(c2)CCOO3)c(C(F)(F)F)c1. The smallest absolute Gasteiger partial charge is 0.417 e. The summed E-state index contributed by atoms with van der Waals surface area (Å²) in [6.07, 6.45) is 0.195. The quantitative estimate of drug-likeness (QED) is 0.456. The van der Waals surface area contributed by atoms with Crippen molar-refractivity contribution in [2.45, 2.75) is 47.7 Å². The van der Waals surface area contributed by atoms with E-state index in [1.165, 1.54) is 23.1 Å². The fourth-order valence-electron chi connectivity index (χ4n) is 3.96. The fourth-order valence-corrected chi connectivity index (χ4v) is 4.97. The van der Waals surface area contributed by atoms with Gasteiger partial charge in [-0.2, -0.15) is 18.1 Å². The van der Waals surface area contributed by atoms with Gasteiger partial charge >= 0.3 is 12.1 Å². The van der Waals surface area contributed by atoms with Crippen molar-refractivity contribution in [3.8, 4) is 5.75 Å². The van der Waals surface area contributed by atoms with Crippen molar-refractivity contribution in [2.24, 2.45) is 0 Å². The van der Waals surface area contributed by atoms with E-state index in [0.29, 0.717) is 49.5 Å². The topological polar surface area (TPSA) is 76.1 Å². The van der Waals surface area contributed by atoms with E-state index >= 15 is 0 Å². The first-order valence-corrected chi connectivity index (χ1v) is 11.6. The molecule has 1 amide bonds. The normalized spacial score (nSPS) is 18.4. The van der Waals surface area contributed by atoms with Gasteiger partial charge in [0.1, 0.15) is 6.04 Å². The second-order valence-corrected chi connectivity index (χ2v) is 9.11. The molecule has 2 heterocycles. The highest BCUT2D eigenvalue weighted by atomic mass is 32.2. The molecule has 180 valence electrons. The number of nitrogens with zero attached hydrogens (tertiary/aromatic N) is 1. The van der Waals surface area contributed by atoms with Crippen LogP contribution in [0.2, 0.25) is 0 Å². The summed E-state index contributed by atoms with van der Waals surface area (Å²) in [4.78, 5) is 35.8. The number of hydrogen-bond acceptors (Lipinski definition) is 5. The summed E-state index contributed by atoms with van der Waals surface area (Å²) in [6, 6.07) is 8.07. The fraction of sp³-hybridized carbons (Fsp3) is 0.333. The van der Waals surface area contributed by atoms with Gasteiger partial charge in [-0.05, 0) is 61.2 Å². The first-order valence-electron chi connectivity index (χ1n) is 10.8. The zero-order valence-electron chi connectivity index (χ0n) is 18.0. The molecule has 1 unspecified atom stereocenters. The molecule has 1 N–H and O–H groups in total. The number of likely N-dealkylation sites (tertiary alicyclic amines) is 1. The predicted octanol–water partition coefficient (Wildman–Crippen LogP) is 5.20. The highest BCUT2D eigenvalue weighted by Crippen LogP contribution is 2.41. The summed E-state index contributed by atoms with van der Waals surface area (Å²) >= 11 is 0.992. The average Bonchev–Trinajstić information content (AvgIpc) is 2.82.